The van der Waals surface area contributed by atoms with E-state index in [-0.39, 0.29) is 23.9 Å². The maximum Gasteiger partial charge on any atom is 0.409 e. The zero-order valence-corrected chi connectivity index (χ0v) is 14.3. The lowest BCUT2D eigenvalue weighted by Gasteiger charge is -2.33. The predicted octanol–water partition coefficient (Wildman–Crippen LogP) is 1.08. The van der Waals surface area contributed by atoms with Gasteiger partial charge in [-0.15, -0.1) is 0 Å². The minimum absolute atomic E-state index is 0.00671. The van der Waals surface area contributed by atoms with Gasteiger partial charge in [-0.25, -0.2) is 4.79 Å². The van der Waals surface area contributed by atoms with Crippen molar-refractivity contribution in [3.8, 4) is 0 Å². The molecule has 1 saturated heterocycles. The molecule has 2 aliphatic rings. The van der Waals surface area contributed by atoms with Crippen LogP contribution in [0, 0.1) is 0 Å². The fourth-order valence-corrected chi connectivity index (χ4v) is 3.31. The van der Waals surface area contributed by atoms with Crippen molar-refractivity contribution < 1.29 is 19.1 Å². The van der Waals surface area contributed by atoms with Gasteiger partial charge in [0.15, 0.2) is 0 Å². The number of amides is 3. The second-order valence-electron chi connectivity index (χ2n) is 6.36. The van der Waals surface area contributed by atoms with Crippen LogP contribution in [0.3, 0.4) is 0 Å². The largest absolute Gasteiger partial charge is 0.450 e. The highest BCUT2D eigenvalue weighted by molar-refractivity contribution is 6.00. The van der Waals surface area contributed by atoms with Crippen molar-refractivity contribution in [1.82, 2.24) is 15.5 Å². The molecule has 2 heterocycles. The number of carbonyl (C=O) groups is 3. The molecule has 7 heteroatoms. The maximum atomic E-state index is 12.5. The first-order valence-electron chi connectivity index (χ1n) is 8.69. The van der Waals surface area contributed by atoms with Gasteiger partial charge >= 0.3 is 6.09 Å². The Morgan fingerprint density at radius 2 is 2.00 bits per heavy atom. The first kappa shape index (κ1) is 17.3. The van der Waals surface area contributed by atoms with Gasteiger partial charge in [0, 0.05) is 31.1 Å². The molecule has 0 unspecified atom stereocenters. The van der Waals surface area contributed by atoms with E-state index in [0.717, 1.165) is 5.56 Å². The minimum atomic E-state index is -0.550. The number of benzene rings is 1. The first-order chi connectivity index (χ1) is 12.1. The Hall–Kier alpha value is -2.57. The summed E-state index contributed by atoms with van der Waals surface area (Å²) in [6, 6.07) is 6.79. The Labute approximate surface area is 146 Å². The van der Waals surface area contributed by atoms with Gasteiger partial charge < -0.3 is 20.3 Å². The number of hydrogen-bond donors (Lipinski definition) is 2. The predicted molar refractivity (Wildman–Crippen MR) is 91.2 cm³/mol. The van der Waals surface area contributed by atoms with Crippen molar-refractivity contribution in [2.24, 2.45) is 0 Å². The number of carbonyl (C=O) groups excluding carboxylic acids is 3. The molecular formula is C18H23N3O4. The number of nitrogens with one attached hydrogen (secondary N) is 2. The summed E-state index contributed by atoms with van der Waals surface area (Å²) >= 11 is 0. The fraction of sp³-hybridized carbons (Fsp3) is 0.500. The normalized spacial score (nSPS) is 20.4. The molecule has 7 nitrogen and oxygen atoms in total. The van der Waals surface area contributed by atoms with Gasteiger partial charge in [-0.1, -0.05) is 18.2 Å². The Morgan fingerprint density at radius 3 is 2.72 bits per heavy atom. The molecule has 0 radical (unpaired) electrons. The quantitative estimate of drug-likeness (QED) is 0.858. The van der Waals surface area contributed by atoms with Crippen LogP contribution in [-0.2, 0) is 16.0 Å². The van der Waals surface area contributed by atoms with Crippen LogP contribution in [0.25, 0.3) is 0 Å². The zero-order chi connectivity index (χ0) is 17.8. The Morgan fingerprint density at radius 1 is 1.28 bits per heavy atom. The minimum Gasteiger partial charge on any atom is -0.450 e. The van der Waals surface area contributed by atoms with Crippen LogP contribution >= 0.6 is 0 Å². The second kappa shape index (κ2) is 7.55. The highest BCUT2D eigenvalue weighted by atomic mass is 16.6. The topological polar surface area (TPSA) is 87.7 Å². The van der Waals surface area contributed by atoms with E-state index in [2.05, 4.69) is 10.6 Å². The monoisotopic (exact) mass is 345 g/mol. The molecule has 2 aliphatic heterocycles. The molecule has 0 spiro atoms. The third-order valence-electron chi connectivity index (χ3n) is 4.68. The van der Waals surface area contributed by atoms with Gasteiger partial charge in [-0.3, -0.25) is 9.59 Å². The van der Waals surface area contributed by atoms with E-state index < -0.39 is 6.04 Å². The van der Waals surface area contributed by atoms with Crippen LogP contribution in [0.15, 0.2) is 24.3 Å². The van der Waals surface area contributed by atoms with Gasteiger partial charge in [0.05, 0.1) is 6.61 Å². The summed E-state index contributed by atoms with van der Waals surface area (Å²) < 4.78 is 4.99. The standard InChI is InChI=1S/C18H23N3O4/c1-2-25-18(24)21-9-7-13(8-10-21)19-17(23)15-11-12-5-3-4-6-14(12)16(22)20-15/h3-6,13,15H,2,7-11H2,1H3,(H,19,23)(H,20,22)/t15-/m0/s1. The van der Waals surface area contributed by atoms with Crippen LogP contribution in [-0.4, -0.2) is 54.6 Å². The van der Waals surface area contributed by atoms with Crippen molar-refractivity contribution in [1.29, 1.82) is 0 Å². The number of hydrogen-bond acceptors (Lipinski definition) is 4. The van der Waals surface area contributed by atoms with Gasteiger partial charge in [-0.2, -0.15) is 0 Å². The van der Waals surface area contributed by atoms with E-state index >= 15 is 0 Å². The van der Waals surface area contributed by atoms with Gasteiger partial charge in [0.1, 0.15) is 6.04 Å². The van der Waals surface area contributed by atoms with E-state index in [0.29, 0.717) is 44.5 Å². The van der Waals surface area contributed by atoms with Crippen molar-refractivity contribution in [3.63, 3.8) is 0 Å². The summed E-state index contributed by atoms with van der Waals surface area (Å²) in [6.07, 6.45) is 1.56. The molecule has 3 amide bonds. The number of fused-ring (bicyclic) bond motifs is 1. The maximum absolute atomic E-state index is 12.5. The fourth-order valence-electron chi connectivity index (χ4n) is 3.31. The summed E-state index contributed by atoms with van der Waals surface area (Å²) in [5.74, 6) is -0.378. The number of piperidine rings is 1. The van der Waals surface area contributed by atoms with E-state index in [1.807, 2.05) is 18.2 Å². The van der Waals surface area contributed by atoms with Gasteiger partial charge in [0.25, 0.3) is 5.91 Å². The lowest BCUT2D eigenvalue weighted by atomic mass is 9.94. The molecule has 134 valence electrons. The summed E-state index contributed by atoms with van der Waals surface area (Å²) in [4.78, 5) is 38.0. The summed E-state index contributed by atoms with van der Waals surface area (Å²) in [6.45, 7) is 3.26. The lowest BCUT2D eigenvalue weighted by molar-refractivity contribution is -0.124. The van der Waals surface area contributed by atoms with Crippen molar-refractivity contribution in [2.45, 2.75) is 38.3 Å². The second-order valence-corrected chi connectivity index (χ2v) is 6.36. The summed E-state index contributed by atoms with van der Waals surface area (Å²) in [5.41, 5.74) is 1.53. The van der Waals surface area contributed by atoms with E-state index in [9.17, 15) is 14.4 Å². The Bertz CT molecular complexity index is 668. The molecule has 0 saturated carbocycles. The number of rotatable bonds is 3. The molecular weight excluding hydrogens is 322 g/mol. The molecule has 0 bridgehead atoms. The zero-order valence-electron chi connectivity index (χ0n) is 14.3. The SMILES string of the molecule is CCOC(=O)N1CCC(NC(=O)[C@@H]2Cc3ccccc3C(=O)N2)CC1. The van der Waals surface area contributed by atoms with Crippen molar-refractivity contribution in [2.75, 3.05) is 19.7 Å². The lowest BCUT2D eigenvalue weighted by Crippen LogP contribution is -2.55. The highest BCUT2D eigenvalue weighted by Crippen LogP contribution is 2.17. The summed E-state index contributed by atoms with van der Waals surface area (Å²) in [5, 5.41) is 5.77. The van der Waals surface area contributed by atoms with Crippen LogP contribution < -0.4 is 10.6 Å². The summed E-state index contributed by atoms with van der Waals surface area (Å²) in [7, 11) is 0. The molecule has 25 heavy (non-hydrogen) atoms. The van der Waals surface area contributed by atoms with E-state index in [1.165, 1.54) is 0 Å². The Balaban J connectivity index is 1.52. The number of ether oxygens (including phenoxy) is 1. The molecule has 2 N–H and O–H groups in total. The third-order valence-corrected chi connectivity index (χ3v) is 4.68. The van der Waals surface area contributed by atoms with E-state index in [4.69, 9.17) is 4.74 Å². The van der Waals surface area contributed by atoms with Crippen molar-refractivity contribution >= 4 is 17.9 Å². The molecule has 0 aliphatic carbocycles. The van der Waals surface area contributed by atoms with Crippen LogP contribution in [0.1, 0.15) is 35.7 Å². The first-order valence-corrected chi connectivity index (χ1v) is 8.69. The Kier molecular flexibility index (Phi) is 5.21. The molecule has 1 aromatic carbocycles. The van der Waals surface area contributed by atoms with Gasteiger partial charge in [0.2, 0.25) is 5.91 Å². The molecule has 1 aromatic rings. The molecule has 1 atom stereocenters. The molecule has 3 rings (SSSR count). The van der Waals surface area contributed by atoms with Gasteiger partial charge in [-0.05, 0) is 31.4 Å². The van der Waals surface area contributed by atoms with Crippen LogP contribution in [0.4, 0.5) is 4.79 Å². The highest BCUT2D eigenvalue weighted by Gasteiger charge is 2.31. The molecule has 1 fully saturated rings. The average Bonchev–Trinajstić information content (AvgIpc) is 2.62. The smallest absolute Gasteiger partial charge is 0.409 e. The number of nitrogens with zero attached hydrogens (tertiary/aromatic N) is 1. The van der Waals surface area contributed by atoms with Crippen molar-refractivity contribution in [3.05, 3.63) is 35.4 Å². The molecule has 0 aromatic heterocycles. The third kappa shape index (κ3) is 3.92. The van der Waals surface area contributed by atoms with E-state index in [1.54, 1.807) is 17.9 Å². The van der Waals surface area contributed by atoms with Crippen LogP contribution in [0.5, 0.6) is 0 Å². The van der Waals surface area contributed by atoms with Crippen LogP contribution in [0.2, 0.25) is 0 Å². The number of likely N-dealkylation sites (tertiary alicyclic amines) is 1. The average molecular weight is 345 g/mol.